The Labute approximate surface area is 56.3 Å². The van der Waals surface area contributed by atoms with Crippen molar-refractivity contribution in [3.8, 4) is 0 Å². The number of hydrogen-bond donors (Lipinski definition) is 0. The maximum Gasteiger partial charge on any atom is -0.0244 e. The number of rotatable bonds is 1. The Balaban J connectivity index is 2.12. The first-order valence-corrected chi connectivity index (χ1v) is 3.85. The molecule has 0 spiro atoms. The standard InChI is InChI=1S/C9H12/c1-2-5-8(4-1)9-6-3-7-9/h4,6H,1-3,5,7H2. The monoisotopic (exact) mass is 120 g/mol. The van der Waals surface area contributed by atoms with Gasteiger partial charge in [-0.3, -0.25) is 0 Å². The van der Waals surface area contributed by atoms with Crippen molar-refractivity contribution in [2.45, 2.75) is 32.1 Å². The third kappa shape index (κ3) is 0.827. The van der Waals surface area contributed by atoms with Crippen LogP contribution < -0.4 is 0 Å². The molecule has 0 atom stereocenters. The fourth-order valence-electron chi connectivity index (χ4n) is 1.54. The maximum atomic E-state index is 2.41. The molecule has 0 saturated carbocycles. The highest BCUT2D eigenvalue weighted by Gasteiger charge is 2.13. The topological polar surface area (TPSA) is 0 Å². The van der Waals surface area contributed by atoms with Crippen molar-refractivity contribution in [1.82, 2.24) is 0 Å². The third-order valence-electron chi connectivity index (χ3n) is 2.26. The smallest absolute Gasteiger partial charge is 0.0244 e. The zero-order valence-electron chi connectivity index (χ0n) is 5.69. The SMILES string of the molecule is C1=C(C2=CCCC2)CC1. The number of allylic oxidation sites excluding steroid dienone is 4. The van der Waals surface area contributed by atoms with Crippen LogP contribution in [0.2, 0.25) is 0 Å². The highest BCUT2D eigenvalue weighted by atomic mass is 14.2. The molecule has 2 aliphatic carbocycles. The molecule has 0 aromatic heterocycles. The lowest BCUT2D eigenvalue weighted by Crippen LogP contribution is -1.95. The predicted octanol–water partition coefficient (Wildman–Crippen LogP) is 2.82. The molecule has 0 fully saturated rings. The summed E-state index contributed by atoms with van der Waals surface area (Å²) in [5.74, 6) is 0. The van der Waals surface area contributed by atoms with E-state index in [1.807, 2.05) is 0 Å². The van der Waals surface area contributed by atoms with Crippen molar-refractivity contribution >= 4 is 0 Å². The summed E-state index contributed by atoms with van der Waals surface area (Å²) in [6.45, 7) is 0. The van der Waals surface area contributed by atoms with E-state index in [0.29, 0.717) is 0 Å². The normalized spacial score (nSPS) is 24.9. The van der Waals surface area contributed by atoms with Crippen molar-refractivity contribution in [2.24, 2.45) is 0 Å². The van der Waals surface area contributed by atoms with E-state index in [0.717, 1.165) is 0 Å². The van der Waals surface area contributed by atoms with Crippen LogP contribution in [0.3, 0.4) is 0 Å². The van der Waals surface area contributed by atoms with Gasteiger partial charge in [-0.25, -0.2) is 0 Å². The summed E-state index contributed by atoms with van der Waals surface area (Å²) in [5, 5.41) is 0. The third-order valence-corrected chi connectivity index (χ3v) is 2.26. The number of hydrogen-bond acceptors (Lipinski definition) is 0. The van der Waals surface area contributed by atoms with E-state index in [2.05, 4.69) is 12.2 Å². The molecule has 0 heterocycles. The maximum absolute atomic E-state index is 2.41. The van der Waals surface area contributed by atoms with Crippen molar-refractivity contribution in [2.75, 3.05) is 0 Å². The second-order valence-corrected chi connectivity index (χ2v) is 2.89. The second kappa shape index (κ2) is 2.02. The van der Waals surface area contributed by atoms with E-state index in [4.69, 9.17) is 0 Å². The lowest BCUT2D eigenvalue weighted by Gasteiger charge is -2.14. The van der Waals surface area contributed by atoms with Gasteiger partial charge in [-0.15, -0.1) is 0 Å². The first-order valence-electron chi connectivity index (χ1n) is 3.85. The van der Waals surface area contributed by atoms with E-state index < -0.39 is 0 Å². The van der Waals surface area contributed by atoms with Crippen LogP contribution in [0, 0.1) is 0 Å². The molecule has 0 nitrogen and oxygen atoms in total. The molecule has 0 saturated heterocycles. The second-order valence-electron chi connectivity index (χ2n) is 2.89. The van der Waals surface area contributed by atoms with Gasteiger partial charge >= 0.3 is 0 Å². The predicted molar refractivity (Wildman–Crippen MR) is 39.3 cm³/mol. The van der Waals surface area contributed by atoms with Gasteiger partial charge in [0.05, 0.1) is 0 Å². The van der Waals surface area contributed by atoms with Gasteiger partial charge in [0, 0.05) is 0 Å². The van der Waals surface area contributed by atoms with Gasteiger partial charge < -0.3 is 0 Å². The molecule has 0 radical (unpaired) electrons. The fourth-order valence-corrected chi connectivity index (χ4v) is 1.54. The van der Waals surface area contributed by atoms with Crippen LogP contribution in [0.5, 0.6) is 0 Å². The molecule has 0 aromatic carbocycles. The van der Waals surface area contributed by atoms with Gasteiger partial charge in [-0.2, -0.15) is 0 Å². The molecule has 2 aliphatic rings. The Morgan fingerprint density at radius 1 is 0.889 bits per heavy atom. The van der Waals surface area contributed by atoms with Crippen molar-refractivity contribution < 1.29 is 0 Å². The molecule has 0 aliphatic heterocycles. The molecule has 0 N–H and O–H groups in total. The van der Waals surface area contributed by atoms with E-state index in [1.165, 1.54) is 32.1 Å². The van der Waals surface area contributed by atoms with E-state index >= 15 is 0 Å². The Bertz CT molecular complexity index is 172. The summed E-state index contributed by atoms with van der Waals surface area (Å²) >= 11 is 0. The van der Waals surface area contributed by atoms with Gasteiger partial charge in [-0.05, 0) is 43.3 Å². The van der Waals surface area contributed by atoms with Crippen LogP contribution in [0.1, 0.15) is 32.1 Å². The van der Waals surface area contributed by atoms with Crippen LogP contribution in [-0.4, -0.2) is 0 Å². The fraction of sp³-hybridized carbons (Fsp3) is 0.556. The van der Waals surface area contributed by atoms with Gasteiger partial charge in [-0.1, -0.05) is 12.2 Å². The first kappa shape index (κ1) is 5.28. The van der Waals surface area contributed by atoms with Crippen LogP contribution >= 0.6 is 0 Å². The van der Waals surface area contributed by atoms with Crippen LogP contribution in [0.4, 0.5) is 0 Å². The van der Waals surface area contributed by atoms with Gasteiger partial charge in [0.25, 0.3) is 0 Å². The highest BCUT2D eigenvalue weighted by Crippen LogP contribution is 2.32. The molecule has 0 heteroatoms. The van der Waals surface area contributed by atoms with Crippen LogP contribution in [0.15, 0.2) is 23.3 Å². The Morgan fingerprint density at radius 3 is 2.11 bits per heavy atom. The molecular formula is C9H12. The summed E-state index contributed by atoms with van der Waals surface area (Å²) < 4.78 is 0. The highest BCUT2D eigenvalue weighted by molar-refractivity contribution is 5.37. The molecule has 0 aromatic rings. The summed E-state index contributed by atoms with van der Waals surface area (Å²) in [7, 11) is 0. The van der Waals surface area contributed by atoms with Gasteiger partial charge in [0.1, 0.15) is 0 Å². The summed E-state index contributed by atoms with van der Waals surface area (Å²) in [6, 6.07) is 0. The molecule has 48 valence electrons. The largest absolute Gasteiger partial charge is 0.0810 e. The summed E-state index contributed by atoms with van der Waals surface area (Å²) in [5.41, 5.74) is 3.30. The zero-order chi connectivity index (χ0) is 6.10. The molecule has 0 amide bonds. The average molecular weight is 120 g/mol. The quantitative estimate of drug-likeness (QED) is 0.499. The van der Waals surface area contributed by atoms with Gasteiger partial charge in [0.15, 0.2) is 0 Å². The molecular weight excluding hydrogens is 108 g/mol. The van der Waals surface area contributed by atoms with Crippen molar-refractivity contribution in [3.05, 3.63) is 23.3 Å². The Hall–Kier alpha value is -0.520. The minimum Gasteiger partial charge on any atom is -0.0810 e. The summed E-state index contributed by atoms with van der Waals surface area (Å²) in [6.07, 6.45) is 11.5. The lowest BCUT2D eigenvalue weighted by atomic mass is 9.91. The minimum atomic E-state index is 1.33. The molecule has 0 unspecified atom stereocenters. The van der Waals surface area contributed by atoms with Crippen LogP contribution in [-0.2, 0) is 0 Å². The Morgan fingerprint density at radius 2 is 1.67 bits per heavy atom. The van der Waals surface area contributed by atoms with Crippen molar-refractivity contribution in [1.29, 1.82) is 0 Å². The molecule has 9 heavy (non-hydrogen) atoms. The minimum absolute atomic E-state index is 1.33. The summed E-state index contributed by atoms with van der Waals surface area (Å²) in [4.78, 5) is 0. The average Bonchev–Trinajstić information content (AvgIpc) is 2.11. The van der Waals surface area contributed by atoms with E-state index in [1.54, 1.807) is 11.1 Å². The van der Waals surface area contributed by atoms with E-state index in [9.17, 15) is 0 Å². The molecule has 2 rings (SSSR count). The Kier molecular flexibility index (Phi) is 1.18. The molecule has 0 bridgehead atoms. The van der Waals surface area contributed by atoms with E-state index in [-0.39, 0.29) is 0 Å². The van der Waals surface area contributed by atoms with Crippen LogP contribution in [0.25, 0.3) is 0 Å². The van der Waals surface area contributed by atoms with Gasteiger partial charge in [0.2, 0.25) is 0 Å². The zero-order valence-corrected chi connectivity index (χ0v) is 5.69. The lowest BCUT2D eigenvalue weighted by molar-refractivity contribution is 0.843. The first-order chi connectivity index (χ1) is 4.47. The van der Waals surface area contributed by atoms with Crippen molar-refractivity contribution in [3.63, 3.8) is 0 Å².